The molecular weight excluding hydrogens is 923 g/mol. The predicted molar refractivity (Wildman–Crippen MR) is 235 cm³/mol. The van der Waals surface area contributed by atoms with Gasteiger partial charge in [-0.15, -0.1) is 0 Å². The highest BCUT2D eigenvalue weighted by molar-refractivity contribution is 7.98. The van der Waals surface area contributed by atoms with Gasteiger partial charge in [-0.05, 0) is 44.1 Å². The zero-order valence-corrected chi connectivity index (χ0v) is 38.9. The number of hydrogen-bond donors (Lipinski definition) is 13. The van der Waals surface area contributed by atoms with E-state index in [2.05, 4.69) is 37.2 Å². The number of hydrogen-bond acceptors (Lipinski definition) is 16. The van der Waals surface area contributed by atoms with E-state index >= 15 is 0 Å². The summed E-state index contributed by atoms with van der Waals surface area (Å²) in [4.78, 5) is 162. The largest absolute Gasteiger partial charge is 0.481 e. The fourth-order valence-corrected chi connectivity index (χ4v) is 8.22. The van der Waals surface area contributed by atoms with Crippen LogP contribution in [-0.4, -0.2) is 199 Å². The van der Waals surface area contributed by atoms with E-state index < -0.39 is 195 Å². The Morgan fingerprint density at radius 2 is 1.12 bits per heavy atom. The van der Waals surface area contributed by atoms with Gasteiger partial charge in [0.1, 0.15) is 48.3 Å². The molecule has 380 valence electrons. The van der Waals surface area contributed by atoms with Gasteiger partial charge in [-0.2, -0.15) is 11.8 Å². The lowest BCUT2D eigenvalue weighted by molar-refractivity contribution is -0.145. The zero-order valence-electron chi connectivity index (χ0n) is 38.1. The van der Waals surface area contributed by atoms with Crippen molar-refractivity contribution in [3.8, 4) is 0 Å². The van der Waals surface area contributed by atoms with Gasteiger partial charge in [0.25, 0.3) is 0 Å². The van der Waals surface area contributed by atoms with Crippen LogP contribution >= 0.6 is 11.8 Å². The Bertz CT molecular complexity index is 1940. The lowest BCUT2D eigenvalue weighted by Crippen LogP contribution is -2.62. The van der Waals surface area contributed by atoms with E-state index in [1.54, 1.807) is 6.26 Å². The molecule has 0 saturated carbocycles. The topological polar surface area (TPSA) is 428 Å². The van der Waals surface area contributed by atoms with Gasteiger partial charge < -0.3 is 78.9 Å². The minimum Gasteiger partial charge on any atom is -0.481 e. The fraction of sp³-hybridized carbons (Fsp3) is 0.700. The third-order valence-electron chi connectivity index (χ3n) is 11.3. The normalized spacial score (nSPS) is 29.3. The number of nitrogens with two attached hydrogens (primary N) is 2. The number of nitrogens with one attached hydrogen (secondary N) is 7. The van der Waals surface area contributed by atoms with Crippen LogP contribution in [-0.2, 0) is 57.5 Å². The van der Waals surface area contributed by atoms with Gasteiger partial charge in [-0.3, -0.25) is 57.5 Å². The first-order valence-corrected chi connectivity index (χ1v) is 23.3. The maximum absolute atomic E-state index is 14.2. The van der Waals surface area contributed by atoms with Crippen LogP contribution < -0.4 is 48.7 Å². The van der Waals surface area contributed by atoms with E-state index in [1.807, 2.05) is 0 Å². The summed E-state index contributed by atoms with van der Waals surface area (Å²) in [5.74, 6) is -13.3. The Balaban J connectivity index is 2.14. The predicted octanol–water partition coefficient (Wildman–Crippen LogP) is -7.26. The lowest BCUT2D eigenvalue weighted by Gasteiger charge is -2.32. The summed E-state index contributed by atoms with van der Waals surface area (Å²) in [5.41, 5.74) is 10.7. The number of carbonyl (C=O) groups is 12. The molecule has 0 aromatic heterocycles. The second-order valence-electron chi connectivity index (χ2n) is 17.2. The van der Waals surface area contributed by atoms with Crippen molar-refractivity contribution in [3.63, 3.8) is 0 Å². The molecule has 0 aliphatic carbocycles. The first kappa shape index (κ1) is 56.2. The minimum atomic E-state index is -1.81. The summed E-state index contributed by atoms with van der Waals surface area (Å²) in [5, 5.41) is 58.1. The van der Waals surface area contributed by atoms with Crippen molar-refractivity contribution in [1.29, 1.82) is 0 Å². The van der Waals surface area contributed by atoms with Crippen LogP contribution in [0.25, 0.3) is 0 Å². The summed E-state index contributed by atoms with van der Waals surface area (Å²) in [6, 6.07) is -12.9. The number of primary amides is 2. The molecule has 0 bridgehead atoms. The summed E-state index contributed by atoms with van der Waals surface area (Å²) >= 11 is 1.25. The van der Waals surface area contributed by atoms with Crippen molar-refractivity contribution in [1.82, 2.24) is 47.0 Å². The number of amides is 11. The van der Waals surface area contributed by atoms with Crippen LogP contribution in [0.2, 0.25) is 0 Å². The molecule has 28 heteroatoms. The lowest BCUT2D eigenvalue weighted by atomic mass is 10.0. The Morgan fingerprint density at radius 1 is 0.632 bits per heavy atom. The molecule has 27 nitrogen and oxygen atoms in total. The first-order chi connectivity index (χ1) is 31.8. The smallest absolute Gasteiger partial charge is 0.303 e. The SMILES string of the molecule is CSCC[C@@H]1NC(=O)[C@H](CCC(=O)O)NC(=O)[C@@H](CCC(N)=O)NC(=O)CNC(=O)[C@@H]2C[C@@H](O)CN2C(=O)[C@@H](CC(N)=O)NC(=O)[C@H](C(C)C)NC(=O)[C@@H]2C[C@@H](O)CN2C(=O)[C@H]([C@@H](C)O)NC1=O. The molecule has 3 rings (SSSR count). The molecule has 0 unspecified atom stereocenters. The quantitative estimate of drug-likeness (QED) is 0.0815. The minimum absolute atomic E-state index is 0.113. The van der Waals surface area contributed by atoms with Crippen LogP contribution in [0.15, 0.2) is 0 Å². The average Bonchev–Trinajstić information content (AvgIpc) is 3.85. The summed E-state index contributed by atoms with van der Waals surface area (Å²) < 4.78 is 0. The van der Waals surface area contributed by atoms with Crippen molar-refractivity contribution in [3.05, 3.63) is 0 Å². The molecule has 11 atom stereocenters. The Morgan fingerprint density at radius 3 is 1.63 bits per heavy atom. The Labute approximate surface area is 394 Å². The fourth-order valence-electron chi connectivity index (χ4n) is 7.75. The van der Waals surface area contributed by atoms with Gasteiger partial charge in [0.15, 0.2) is 0 Å². The molecule has 3 heterocycles. The van der Waals surface area contributed by atoms with Crippen LogP contribution in [0.1, 0.15) is 72.1 Å². The van der Waals surface area contributed by atoms with Crippen LogP contribution in [0.3, 0.4) is 0 Å². The van der Waals surface area contributed by atoms with Gasteiger partial charge in [-0.1, -0.05) is 13.8 Å². The number of aliphatic hydroxyl groups is 3. The zero-order chi connectivity index (χ0) is 51.2. The molecule has 3 fully saturated rings. The summed E-state index contributed by atoms with van der Waals surface area (Å²) in [6.45, 7) is 2.35. The number of nitrogens with zero attached hydrogens (tertiary/aromatic N) is 2. The van der Waals surface area contributed by atoms with E-state index in [0.29, 0.717) is 0 Å². The van der Waals surface area contributed by atoms with Gasteiger partial charge >= 0.3 is 5.97 Å². The van der Waals surface area contributed by atoms with Crippen LogP contribution in [0.5, 0.6) is 0 Å². The number of fused-ring (bicyclic) bond motifs is 2. The number of carboxylic acid groups (broad SMARTS) is 1. The summed E-state index contributed by atoms with van der Waals surface area (Å²) in [6.07, 6.45) is -6.47. The highest BCUT2D eigenvalue weighted by atomic mass is 32.2. The van der Waals surface area contributed by atoms with E-state index in [0.717, 1.165) is 16.7 Å². The second-order valence-corrected chi connectivity index (χ2v) is 18.1. The van der Waals surface area contributed by atoms with Gasteiger partial charge in [0, 0.05) is 38.8 Å². The van der Waals surface area contributed by atoms with E-state index in [4.69, 9.17) is 11.5 Å². The highest BCUT2D eigenvalue weighted by Crippen LogP contribution is 2.23. The standard InChI is InChI=1S/C40H63N11O16S/c1-17(2)31-38(65)47-24(13-28(42)56)39(66)50-15-19(53)11-25(50)36(63)43-14-29(57)44-21(5-7-27(41)55)33(60)45-22(6-8-30(58)59)34(61)46-23(9-10-68-4)35(62)49-32(18(3)52)40(67)51-16-20(54)12-26(51)37(64)48-31/h17-26,31-32,52-54H,5-16H2,1-4H3,(H2,41,55)(H2,42,56)(H,43,63)(H,44,57)(H,45,60)(H,46,61)(H,47,65)(H,48,64)(H,49,62)(H,58,59)/t18-,19-,20-,21-,22+,23+,24-,25+,26+,31+,32+/m1/s1. The molecule has 3 aliphatic rings. The third-order valence-corrected chi connectivity index (χ3v) is 12.0. The first-order valence-electron chi connectivity index (χ1n) is 21.9. The average molecular weight is 986 g/mol. The molecule has 3 aliphatic heterocycles. The molecule has 68 heavy (non-hydrogen) atoms. The van der Waals surface area contributed by atoms with Crippen molar-refractivity contribution >= 4 is 82.7 Å². The van der Waals surface area contributed by atoms with Crippen molar-refractivity contribution in [2.45, 2.75) is 139 Å². The number of aliphatic carboxylic acids is 1. The molecular formula is C40H63N11O16S. The molecule has 15 N–H and O–H groups in total. The Hall–Kier alpha value is -6.13. The second kappa shape index (κ2) is 25.9. The number of carbonyl (C=O) groups excluding carboxylic acids is 11. The molecule has 0 spiro atoms. The van der Waals surface area contributed by atoms with Crippen LogP contribution in [0.4, 0.5) is 0 Å². The molecule has 0 aromatic rings. The Kier molecular flexibility index (Phi) is 21.4. The number of thioether (sulfide) groups is 1. The number of aliphatic hydroxyl groups excluding tert-OH is 3. The molecule has 0 aromatic carbocycles. The van der Waals surface area contributed by atoms with E-state index in [9.17, 15) is 78.0 Å². The molecule has 0 radical (unpaired) electrons. The summed E-state index contributed by atoms with van der Waals surface area (Å²) in [7, 11) is 0. The highest BCUT2D eigenvalue weighted by Gasteiger charge is 2.46. The van der Waals surface area contributed by atoms with Crippen molar-refractivity contribution in [2.75, 3.05) is 31.6 Å². The van der Waals surface area contributed by atoms with Gasteiger partial charge in [0.05, 0.1) is 31.3 Å². The van der Waals surface area contributed by atoms with Crippen molar-refractivity contribution < 1.29 is 78.0 Å². The maximum Gasteiger partial charge on any atom is 0.303 e. The monoisotopic (exact) mass is 985 g/mol. The van der Waals surface area contributed by atoms with E-state index in [-0.39, 0.29) is 25.0 Å². The molecule has 3 saturated heterocycles. The molecule has 11 amide bonds. The number of carboxylic acids is 1. The number of rotatable bonds is 13. The van der Waals surface area contributed by atoms with Crippen LogP contribution in [0, 0.1) is 5.92 Å². The van der Waals surface area contributed by atoms with Gasteiger partial charge in [0.2, 0.25) is 65.0 Å². The maximum atomic E-state index is 14.2. The van der Waals surface area contributed by atoms with E-state index in [1.165, 1.54) is 25.6 Å². The van der Waals surface area contributed by atoms with Gasteiger partial charge in [-0.25, -0.2) is 0 Å². The van der Waals surface area contributed by atoms with Crippen molar-refractivity contribution in [2.24, 2.45) is 17.4 Å². The third kappa shape index (κ3) is 16.3.